The van der Waals surface area contributed by atoms with E-state index in [9.17, 15) is 4.39 Å². The van der Waals surface area contributed by atoms with Gasteiger partial charge in [0.05, 0.1) is 20.9 Å². The summed E-state index contributed by atoms with van der Waals surface area (Å²) in [6, 6.07) is 6.92. The van der Waals surface area contributed by atoms with Crippen LogP contribution in [0.25, 0.3) is 21.7 Å². The van der Waals surface area contributed by atoms with Crippen LogP contribution in [-0.4, -0.2) is 9.55 Å². The molecule has 0 saturated heterocycles. The predicted octanol–water partition coefficient (Wildman–Crippen LogP) is 4.38. The number of nitrogen functional groups attached to an aromatic ring is 1. The Morgan fingerprint density at radius 1 is 1.30 bits per heavy atom. The van der Waals surface area contributed by atoms with Crippen LogP contribution in [0.15, 0.2) is 24.3 Å². The first kappa shape index (κ1) is 13.1. The van der Waals surface area contributed by atoms with E-state index in [4.69, 9.17) is 5.73 Å². The minimum absolute atomic E-state index is 0.239. The summed E-state index contributed by atoms with van der Waals surface area (Å²) in [4.78, 5) is 5.67. The second kappa shape index (κ2) is 4.59. The van der Waals surface area contributed by atoms with Crippen molar-refractivity contribution in [2.75, 3.05) is 5.73 Å². The first-order valence-electron chi connectivity index (χ1n) is 6.51. The maximum absolute atomic E-state index is 13.4. The summed E-state index contributed by atoms with van der Waals surface area (Å²) in [6.07, 6.45) is 0. The Morgan fingerprint density at radius 2 is 2.05 bits per heavy atom. The number of rotatable bonds is 2. The van der Waals surface area contributed by atoms with E-state index in [1.165, 1.54) is 23.5 Å². The lowest BCUT2D eigenvalue weighted by Gasteiger charge is -2.12. The zero-order valence-electron chi connectivity index (χ0n) is 11.6. The average molecular weight is 289 g/mol. The normalized spacial score (nSPS) is 11.7. The number of fused-ring (bicyclic) bond motifs is 1. The molecule has 104 valence electrons. The van der Waals surface area contributed by atoms with E-state index in [-0.39, 0.29) is 11.9 Å². The number of aryl methyl sites for hydroxylation is 1. The fourth-order valence-electron chi connectivity index (χ4n) is 2.48. The third kappa shape index (κ3) is 1.98. The monoisotopic (exact) mass is 289 g/mol. The fourth-order valence-corrected chi connectivity index (χ4v) is 3.41. The highest BCUT2D eigenvalue weighted by atomic mass is 32.1. The largest absolute Gasteiger partial charge is 0.391 e. The van der Waals surface area contributed by atoms with Gasteiger partial charge in [-0.3, -0.25) is 0 Å². The topological polar surface area (TPSA) is 43.8 Å². The van der Waals surface area contributed by atoms with Crippen LogP contribution in [-0.2, 0) is 0 Å². The van der Waals surface area contributed by atoms with E-state index in [1.807, 2.05) is 13.0 Å². The van der Waals surface area contributed by atoms with Crippen molar-refractivity contribution < 1.29 is 4.39 Å². The van der Waals surface area contributed by atoms with Crippen molar-refractivity contribution in [3.8, 4) is 10.7 Å². The van der Waals surface area contributed by atoms with Gasteiger partial charge in [0, 0.05) is 12.1 Å². The number of anilines is 1. The number of halogens is 1. The van der Waals surface area contributed by atoms with Gasteiger partial charge < -0.3 is 10.3 Å². The number of hydrogen-bond acceptors (Lipinski definition) is 3. The zero-order chi connectivity index (χ0) is 14.4. The van der Waals surface area contributed by atoms with Gasteiger partial charge in [-0.15, -0.1) is 11.3 Å². The molecule has 2 aromatic heterocycles. The fraction of sp³-hybridized carbons (Fsp3) is 0.267. The Bertz CT molecular complexity index is 786. The van der Waals surface area contributed by atoms with Crippen LogP contribution in [0.3, 0.4) is 0 Å². The molecule has 2 heterocycles. The molecule has 0 radical (unpaired) electrons. The number of benzene rings is 1. The smallest absolute Gasteiger partial charge is 0.151 e. The van der Waals surface area contributed by atoms with Crippen molar-refractivity contribution >= 4 is 27.4 Å². The summed E-state index contributed by atoms with van der Waals surface area (Å²) < 4.78 is 15.5. The van der Waals surface area contributed by atoms with Gasteiger partial charge >= 0.3 is 0 Å². The number of aromatic nitrogens is 2. The van der Waals surface area contributed by atoms with Crippen LogP contribution in [0.1, 0.15) is 25.5 Å². The molecule has 0 fully saturated rings. The molecule has 0 saturated carbocycles. The summed E-state index contributed by atoms with van der Waals surface area (Å²) in [5.74, 6) is 0.597. The molecule has 2 N–H and O–H groups in total. The summed E-state index contributed by atoms with van der Waals surface area (Å²) in [5, 5.41) is 0.769. The molecule has 0 aliphatic rings. The van der Waals surface area contributed by atoms with Gasteiger partial charge in [0.15, 0.2) is 5.82 Å². The standard InChI is InChI=1S/C15H16FN3S/c1-8(2)19-12-5-4-10(16)7-11(12)18-15(19)14-9(3)6-13(17)20-14/h4-8H,17H2,1-3H3. The molecule has 5 heteroatoms. The maximum atomic E-state index is 13.4. The molecule has 0 bridgehead atoms. The molecule has 0 atom stereocenters. The van der Waals surface area contributed by atoms with Gasteiger partial charge in [0.1, 0.15) is 5.82 Å². The van der Waals surface area contributed by atoms with Crippen molar-refractivity contribution in [3.63, 3.8) is 0 Å². The zero-order valence-corrected chi connectivity index (χ0v) is 12.5. The molecule has 0 spiro atoms. The van der Waals surface area contributed by atoms with Crippen LogP contribution in [0, 0.1) is 12.7 Å². The van der Waals surface area contributed by atoms with Gasteiger partial charge in [-0.05, 0) is 44.5 Å². The van der Waals surface area contributed by atoms with Crippen LogP contribution >= 0.6 is 11.3 Å². The minimum Gasteiger partial charge on any atom is -0.391 e. The van der Waals surface area contributed by atoms with Crippen LogP contribution in [0.4, 0.5) is 9.39 Å². The number of imidazole rings is 1. The third-order valence-corrected chi connectivity index (χ3v) is 4.37. The quantitative estimate of drug-likeness (QED) is 0.761. The molecule has 1 aromatic carbocycles. The average Bonchev–Trinajstić information content (AvgIpc) is 2.88. The van der Waals surface area contributed by atoms with E-state index >= 15 is 0 Å². The Balaban J connectivity index is 2.34. The lowest BCUT2D eigenvalue weighted by atomic mass is 10.2. The first-order valence-corrected chi connectivity index (χ1v) is 7.33. The van der Waals surface area contributed by atoms with Gasteiger partial charge in [-0.1, -0.05) is 0 Å². The minimum atomic E-state index is -0.264. The van der Waals surface area contributed by atoms with Crippen molar-refractivity contribution in [2.24, 2.45) is 0 Å². The number of hydrogen-bond donors (Lipinski definition) is 1. The molecular weight excluding hydrogens is 273 g/mol. The van der Waals surface area contributed by atoms with E-state index in [1.54, 1.807) is 6.07 Å². The Kier molecular flexibility index (Phi) is 3.01. The lowest BCUT2D eigenvalue weighted by Crippen LogP contribution is -2.02. The number of nitrogens with zero attached hydrogens (tertiary/aromatic N) is 2. The Hall–Kier alpha value is -1.88. The van der Waals surface area contributed by atoms with Crippen LogP contribution in [0.2, 0.25) is 0 Å². The van der Waals surface area contributed by atoms with Crippen molar-refractivity contribution in [1.82, 2.24) is 9.55 Å². The first-order chi connectivity index (χ1) is 9.47. The Morgan fingerprint density at radius 3 is 2.65 bits per heavy atom. The van der Waals surface area contributed by atoms with Gasteiger partial charge in [0.25, 0.3) is 0 Å². The molecular formula is C15H16FN3S. The molecule has 0 aliphatic heterocycles. The van der Waals surface area contributed by atoms with Crippen molar-refractivity contribution in [3.05, 3.63) is 35.6 Å². The lowest BCUT2D eigenvalue weighted by molar-refractivity contribution is 0.621. The molecule has 0 unspecified atom stereocenters. The molecule has 0 amide bonds. The highest BCUT2D eigenvalue weighted by molar-refractivity contribution is 7.19. The Labute approximate surface area is 120 Å². The molecule has 3 aromatic rings. The third-order valence-electron chi connectivity index (χ3n) is 3.31. The van der Waals surface area contributed by atoms with Crippen LogP contribution < -0.4 is 5.73 Å². The van der Waals surface area contributed by atoms with E-state index in [0.29, 0.717) is 5.52 Å². The van der Waals surface area contributed by atoms with Gasteiger partial charge in [-0.25, -0.2) is 9.37 Å². The van der Waals surface area contributed by atoms with E-state index < -0.39 is 0 Å². The van der Waals surface area contributed by atoms with Gasteiger partial charge in [-0.2, -0.15) is 0 Å². The van der Waals surface area contributed by atoms with Crippen molar-refractivity contribution in [2.45, 2.75) is 26.8 Å². The maximum Gasteiger partial charge on any atom is 0.151 e. The highest BCUT2D eigenvalue weighted by Crippen LogP contribution is 2.36. The molecule has 3 nitrogen and oxygen atoms in total. The summed E-state index contributed by atoms with van der Waals surface area (Å²) in [6.45, 7) is 6.22. The van der Waals surface area contributed by atoms with Crippen molar-refractivity contribution in [1.29, 1.82) is 0 Å². The van der Waals surface area contributed by atoms with E-state index in [2.05, 4.69) is 23.4 Å². The second-order valence-electron chi connectivity index (χ2n) is 5.19. The molecule has 20 heavy (non-hydrogen) atoms. The summed E-state index contributed by atoms with van der Waals surface area (Å²) >= 11 is 1.52. The molecule has 0 aliphatic carbocycles. The van der Waals surface area contributed by atoms with Crippen LogP contribution in [0.5, 0.6) is 0 Å². The SMILES string of the molecule is Cc1cc(N)sc1-c1nc2cc(F)ccc2n1C(C)C. The number of thiophene rings is 1. The highest BCUT2D eigenvalue weighted by Gasteiger charge is 2.18. The molecule has 3 rings (SSSR count). The number of nitrogens with two attached hydrogens (primary N) is 1. The second-order valence-corrected chi connectivity index (χ2v) is 6.28. The van der Waals surface area contributed by atoms with E-state index in [0.717, 1.165) is 26.8 Å². The van der Waals surface area contributed by atoms with Gasteiger partial charge in [0.2, 0.25) is 0 Å². The summed E-state index contributed by atoms with van der Waals surface area (Å²) in [7, 11) is 0. The predicted molar refractivity (Wildman–Crippen MR) is 82.5 cm³/mol. The summed E-state index contributed by atoms with van der Waals surface area (Å²) in [5.41, 5.74) is 8.61.